The van der Waals surface area contributed by atoms with Gasteiger partial charge < -0.3 is 15.5 Å². The molecular formula is C32H63NO3. The van der Waals surface area contributed by atoms with Gasteiger partial charge in [-0.05, 0) is 12.8 Å². The summed E-state index contributed by atoms with van der Waals surface area (Å²) < 4.78 is 0. The molecule has 214 valence electrons. The van der Waals surface area contributed by atoms with Gasteiger partial charge in [-0.1, -0.05) is 160 Å². The predicted molar refractivity (Wildman–Crippen MR) is 156 cm³/mol. The molecule has 3 N–H and O–H groups in total. The Morgan fingerprint density at radius 3 is 1.28 bits per heavy atom. The van der Waals surface area contributed by atoms with Crippen molar-refractivity contribution in [2.45, 2.75) is 180 Å². The molecule has 0 aromatic heterocycles. The van der Waals surface area contributed by atoms with Crippen molar-refractivity contribution in [2.75, 3.05) is 6.61 Å². The smallest absolute Gasteiger partial charge is 0.217 e. The fourth-order valence-corrected chi connectivity index (χ4v) is 4.92. The van der Waals surface area contributed by atoms with E-state index >= 15 is 0 Å². The minimum Gasteiger partial charge on any atom is -0.394 e. The molecule has 2 unspecified atom stereocenters. The Morgan fingerprint density at radius 1 is 0.639 bits per heavy atom. The average molecular weight is 510 g/mol. The van der Waals surface area contributed by atoms with Crippen LogP contribution in [-0.4, -0.2) is 34.9 Å². The van der Waals surface area contributed by atoms with Gasteiger partial charge in [0.15, 0.2) is 0 Å². The molecule has 2 atom stereocenters. The first-order valence-corrected chi connectivity index (χ1v) is 15.8. The van der Waals surface area contributed by atoms with E-state index in [1.165, 1.54) is 148 Å². The number of rotatable bonds is 28. The van der Waals surface area contributed by atoms with Crippen molar-refractivity contribution in [1.82, 2.24) is 5.32 Å². The zero-order valence-electron chi connectivity index (χ0n) is 24.3. The fourth-order valence-electron chi connectivity index (χ4n) is 4.92. The average Bonchev–Trinajstić information content (AvgIpc) is 2.87. The molecule has 0 rings (SSSR count). The fraction of sp³-hybridized carbons (Fsp3) is 0.906. The highest BCUT2D eigenvalue weighted by Gasteiger charge is 2.15. The maximum absolute atomic E-state index is 11.0. The van der Waals surface area contributed by atoms with Gasteiger partial charge in [-0.3, -0.25) is 4.79 Å². The van der Waals surface area contributed by atoms with E-state index in [1.54, 1.807) is 6.08 Å². The van der Waals surface area contributed by atoms with Crippen LogP contribution in [0.5, 0.6) is 0 Å². The Labute approximate surface area is 225 Å². The topological polar surface area (TPSA) is 69.6 Å². The molecule has 0 aliphatic rings. The van der Waals surface area contributed by atoms with Crippen LogP contribution in [0.15, 0.2) is 12.2 Å². The van der Waals surface area contributed by atoms with E-state index in [0.29, 0.717) is 0 Å². The maximum atomic E-state index is 11.0. The molecule has 0 fully saturated rings. The summed E-state index contributed by atoms with van der Waals surface area (Å²) in [6.07, 6.45) is 36.0. The molecule has 0 saturated carbocycles. The summed E-state index contributed by atoms with van der Waals surface area (Å²) in [7, 11) is 0. The summed E-state index contributed by atoms with van der Waals surface area (Å²) in [6.45, 7) is 3.42. The van der Waals surface area contributed by atoms with Crippen molar-refractivity contribution in [3.8, 4) is 0 Å². The quantitative estimate of drug-likeness (QED) is 0.0729. The van der Waals surface area contributed by atoms with E-state index in [2.05, 4.69) is 12.2 Å². The second-order valence-corrected chi connectivity index (χ2v) is 11.0. The molecule has 0 aromatic carbocycles. The van der Waals surface area contributed by atoms with Crippen molar-refractivity contribution in [3.63, 3.8) is 0 Å². The highest BCUT2D eigenvalue weighted by Crippen LogP contribution is 2.15. The van der Waals surface area contributed by atoms with Crippen molar-refractivity contribution in [3.05, 3.63) is 12.2 Å². The largest absolute Gasteiger partial charge is 0.394 e. The molecule has 4 heteroatoms. The number of carbonyl (C=O) groups excluding carboxylic acids is 1. The molecule has 1 amide bonds. The highest BCUT2D eigenvalue weighted by atomic mass is 16.3. The first-order chi connectivity index (χ1) is 17.6. The van der Waals surface area contributed by atoms with E-state index in [9.17, 15) is 15.0 Å². The molecule has 0 spiro atoms. The van der Waals surface area contributed by atoms with E-state index in [-0.39, 0.29) is 12.5 Å². The number of aliphatic hydroxyl groups excluding tert-OH is 2. The van der Waals surface area contributed by atoms with Crippen LogP contribution in [-0.2, 0) is 4.79 Å². The number of amides is 1. The minimum absolute atomic E-state index is 0.240. The van der Waals surface area contributed by atoms with Crippen LogP contribution < -0.4 is 5.32 Å². The van der Waals surface area contributed by atoms with E-state index in [0.717, 1.165) is 12.8 Å². The predicted octanol–water partition coefficient (Wildman–Crippen LogP) is 8.78. The summed E-state index contributed by atoms with van der Waals surface area (Å²) >= 11 is 0. The summed E-state index contributed by atoms with van der Waals surface area (Å²) in [5, 5.41) is 21.8. The van der Waals surface area contributed by atoms with Crippen LogP contribution in [0.3, 0.4) is 0 Å². The first-order valence-electron chi connectivity index (χ1n) is 15.8. The van der Waals surface area contributed by atoms with Gasteiger partial charge >= 0.3 is 0 Å². The zero-order chi connectivity index (χ0) is 26.5. The number of allylic oxidation sites excluding steroid dienone is 1. The van der Waals surface area contributed by atoms with Crippen LogP contribution in [0.4, 0.5) is 0 Å². The molecule has 0 aliphatic carbocycles. The monoisotopic (exact) mass is 509 g/mol. The van der Waals surface area contributed by atoms with Gasteiger partial charge in [-0.25, -0.2) is 0 Å². The van der Waals surface area contributed by atoms with Gasteiger partial charge in [0.25, 0.3) is 0 Å². The molecule has 0 bridgehead atoms. The Morgan fingerprint density at radius 2 is 0.972 bits per heavy atom. The van der Waals surface area contributed by atoms with Crippen LogP contribution in [0.1, 0.15) is 168 Å². The summed E-state index contributed by atoms with van der Waals surface area (Å²) in [6, 6.07) is -0.617. The lowest BCUT2D eigenvalue weighted by molar-refractivity contribution is -0.120. The summed E-state index contributed by atoms with van der Waals surface area (Å²) in [4.78, 5) is 11.0. The Bertz CT molecular complexity index is 480. The molecule has 0 saturated heterocycles. The third-order valence-electron chi connectivity index (χ3n) is 7.31. The van der Waals surface area contributed by atoms with Crippen LogP contribution >= 0.6 is 0 Å². The Kier molecular flexibility index (Phi) is 28.0. The van der Waals surface area contributed by atoms with Crippen molar-refractivity contribution >= 4 is 5.91 Å². The maximum Gasteiger partial charge on any atom is 0.217 e. The Hall–Kier alpha value is -0.870. The summed E-state index contributed by atoms with van der Waals surface area (Å²) in [5.74, 6) is -0.240. The van der Waals surface area contributed by atoms with Gasteiger partial charge in [-0.15, -0.1) is 0 Å². The van der Waals surface area contributed by atoms with E-state index in [4.69, 9.17) is 0 Å². The molecular weight excluding hydrogens is 446 g/mol. The second kappa shape index (κ2) is 28.7. The minimum atomic E-state index is -0.830. The normalized spacial score (nSPS) is 13.3. The molecule has 36 heavy (non-hydrogen) atoms. The van der Waals surface area contributed by atoms with Crippen LogP contribution in [0.25, 0.3) is 0 Å². The molecule has 0 radical (unpaired) electrons. The third-order valence-corrected chi connectivity index (χ3v) is 7.31. The lowest BCUT2D eigenvalue weighted by Crippen LogP contribution is -2.44. The number of hydrogen-bond acceptors (Lipinski definition) is 3. The third kappa shape index (κ3) is 26.2. The van der Waals surface area contributed by atoms with E-state index < -0.39 is 12.1 Å². The second-order valence-electron chi connectivity index (χ2n) is 11.0. The molecule has 4 nitrogen and oxygen atoms in total. The lowest BCUT2D eigenvalue weighted by atomic mass is 10.0. The standard InChI is InChI=1S/C32H63NO3/c1-3-4-5-6-7-8-9-10-11-12-13-14-15-16-17-18-19-20-21-22-23-24-25-26-27-28-32(36)31(29-34)33-30(2)35/h27-28,31-32,34,36H,3-26,29H2,1-2H3,(H,33,35)/b28-27+. The Balaban J connectivity index is 3.24. The lowest BCUT2D eigenvalue weighted by Gasteiger charge is -2.18. The molecule has 0 aliphatic heterocycles. The van der Waals surface area contributed by atoms with Crippen molar-refractivity contribution in [1.29, 1.82) is 0 Å². The number of aliphatic hydroxyl groups is 2. The van der Waals surface area contributed by atoms with Crippen molar-refractivity contribution in [2.24, 2.45) is 0 Å². The number of nitrogens with one attached hydrogen (secondary N) is 1. The molecule has 0 heterocycles. The number of hydrogen-bond donors (Lipinski definition) is 3. The van der Waals surface area contributed by atoms with Gasteiger partial charge in [-0.2, -0.15) is 0 Å². The number of carbonyl (C=O) groups is 1. The number of unbranched alkanes of at least 4 members (excludes halogenated alkanes) is 23. The van der Waals surface area contributed by atoms with Crippen LogP contribution in [0.2, 0.25) is 0 Å². The summed E-state index contributed by atoms with van der Waals surface area (Å²) in [5.41, 5.74) is 0. The van der Waals surface area contributed by atoms with Gasteiger partial charge in [0.05, 0.1) is 18.8 Å². The van der Waals surface area contributed by atoms with Gasteiger partial charge in [0.2, 0.25) is 5.91 Å². The molecule has 0 aromatic rings. The van der Waals surface area contributed by atoms with Crippen molar-refractivity contribution < 1.29 is 15.0 Å². The zero-order valence-corrected chi connectivity index (χ0v) is 24.3. The van der Waals surface area contributed by atoms with Gasteiger partial charge in [0.1, 0.15) is 0 Å². The first kappa shape index (κ1) is 35.1. The van der Waals surface area contributed by atoms with E-state index in [1.807, 2.05) is 6.08 Å². The van der Waals surface area contributed by atoms with Crippen LogP contribution in [0, 0.1) is 0 Å². The SMILES string of the molecule is CCCCCCCCCCCCCCCCCCCCCCCCC/C=C/C(O)C(CO)NC(C)=O. The highest BCUT2D eigenvalue weighted by molar-refractivity contribution is 5.73. The van der Waals surface area contributed by atoms with Gasteiger partial charge in [0, 0.05) is 6.92 Å².